The standard InChI is InChI=1S/C25H31N5OS/c1-18-8-6-7-11-30(18)23-21-19(2)22(32-24(21)27-17-26-23)25(31)29-14-12-28(13-15-29)16-20-9-4-3-5-10-20/h3-5,9-10,17-18H,6-8,11-16H2,1-2H3. The minimum atomic E-state index is 0.141. The second-order valence-electron chi connectivity index (χ2n) is 9.03. The minimum Gasteiger partial charge on any atom is -0.353 e. The second kappa shape index (κ2) is 9.16. The Bertz CT molecular complexity index is 1090. The lowest BCUT2D eigenvalue weighted by Crippen LogP contribution is -2.48. The molecule has 5 rings (SSSR count). The van der Waals surface area contributed by atoms with Crippen molar-refractivity contribution in [1.29, 1.82) is 0 Å². The number of thiophene rings is 1. The number of amides is 1. The fourth-order valence-corrected chi connectivity index (χ4v) is 6.09. The monoisotopic (exact) mass is 449 g/mol. The number of benzene rings is 1. The van der Waals surface area contributed by atoms with Gasteiger partial charge in [-0.2, -0.15) is 0 Å². The predicted octanol–water partition coefficient (Wildman–Crippen LogP) is 4.34. The number of piperidine rings is 1. The average molecular weight is 450 g/mol. The van der Waals surface area contributed by atoms with Gasteiger partial charge in [-0.05, 0) is 44.2 Å². The molecule has 1 aromatic carbocycles. The molecule has 2 fully saturated rings. The van der Waals surface area contributed by atoms with Gasteiger partial charge in [0.1, 0.15) is 17.0 Å². The van der Waals surface area contributed by atoms with Crippen molar-refractivity contribution >= 4 is 33.3 Å². The Hall–Kier alpha value is -2.51. The maximum Gasteiger partial charge on any atom is 0.264 e. The number of hydrogen-bond donors (Lipinski definition) is 0. The number of fused-ring (bicyclic) bond motifs is 1. The molecule has 4 heterocycles. The summed E-state index contributed by atoms with van der Waals surface area (Å²) in [5, 5.41) is 1.07. The summed E-state index contributed by atoms with van der Waals surface area (Å²) in [4.78, 5) is 31.3. The van der Waals surface area contributed by atoms with E-state index in [0.717, 1.165) is 65.7 Å². The molecule has 0 radical (unpaired) electrons. The lowest BCUT2D eigenvalue weighted by Gasteiger charge is -2.35. The summed E-state index contributed by atoms with van der Waals surface area (Å²) in [6, 6.07) is 11.0. The number of piperazine rings is 1. The topological polar surface area (TPSA) is 52.6 Å². The van der Waals surface area contributed by atoms with E-state index in [4.69, 9.17) is 0 Å². The average Bonchev–Trinajstić information content (AvgIpc) is 3.17. The van der Waals surface area contributed by atoms with E-state index >= 15 is 0 Å². The molecule has 0 N–H and O–H groups in total. The fourth-order valence-electron chi connectivity index (χ4n) is 4.98. The summed E-state index contributed by atoms with van der Waals surface area (Å²) in [5.74, 6) is 1.14. The number of rotatable bonds is 4. The Balaban J connectivity index is 1.33. The summed E-state index contributed by atoms with van der Waals surface area (Å²) in [6.45, 7) is 9.64. The molecule has 2 saturated heterocycles. The maximum atomic E-state index is 13.5. The zero-order chi connectivity index (χ0) is 22.1. The molecule has 6 nitrogen and oxygen atoms in total. The molecule has 0 saturated carbocycles. The van der Waals surface area contributed by atoms with Gasteiger partial charge in [0.25, 0.3) is 5.91 Å². The van der Waals surface area contributed by atoms with Crippen LogP contribution in [-0.4, -0.2) is 64.4 Å². The molecule has 1 atom stereocenters. The maximum absolute atomic E-state index is 13.5. The number of aryl methyl sites for hydroxylation is 1. The molecule has 168 valence electrons. The molecule has 32 heavy (non-hydrogen) atoms. The van der Waals surface area contributed by atoms with E-state index in [9.17, 15) is 4.79 Å². The van der Waals surface area contributed by atoms with Crippen LogP contribution in [0.1, 0.15) is 47.0 Å². The van der Waals surface area contributed by atoms with Crippen LogP contribution in [0.4, 0.5) is 5.82 Å². The van der Waals surface area contributed by atoms with E-state index in [1.165, 1.54) is 36.2 Å². The van der Waals surface area contributed by atoms with Crippen LogP contribution >= 0.6 is 11.3 Å². The van der Waals surface area contributed by atoms with E-state index in [1.807, 2.05) is 4.90 Å². The molecule has 2 aliphatic rings. The summed E-state index contributed by atoms with van der Waals surface area (Å²) in [6.07, 6.45) is 5.31. The van der Waals surface area contributed by atoms with Gasteiger partial charge in [0.05, 0.1) is 10.3 Å². The van der Waals surface area contributed by atoms with E-state index in [0.29, 0.717) is 6.04 Å². The Labute approximate surface area is 193 Å². The van der Waals surface area contributed by atoms with Crippen molar-refractivity contribution in [3.63, 3.8) is 0 Å². The van der Waals surface area contributed by atoms with Gasteiger partial charge < -0.3 is 9.80 Å². The molecule has 2 aromatic heterocycles. The molecule has 0 bridgehead atoms. The third-order valence-electron chi connectivity index (χ3n) is 6.88. The number of aromatic nitrogens is 2. The molecule has 0 spiro atoms. The van der Waals surface area contributed by atoms with E-state index in [2.05, 4.69) is 63.9 Å². The Morgan fingerprint density at radius 1 is 1.06 bits per heavy atom. The lowest BCUT2D eigenvalue weighted by molar-refractivity contribution is 0.0632. The van der Waals surface area contributed by atoms with Crippen molar-refractivity contribution in [2.45, 2.75) is 45.7 Å². The third-order valence-corrected chi connectivity index (χ3v) is 8.07. The van der Waals surface area contributed by atoms with Crippen LogP contribution < -0.4 is 4.90 Å². The highest BCUT2D eigenvalue weighted by molar-refractivity contribution is 7.20. The smallest absolute Gasteiger partial charge is 0.264 e. The van der Waals surface area contributed by atoms with E-state index in [1.54, 1.807) is 6.33 Å². The Kier molecular flexibility index (Phi) is 6.11. The van der Waals surface area contributed by atoms with Crippen molar-refractivity contribution in [2.75, 3.05) is 37.6 Å². The number of nitrogens with zero attached hydrogens (tertiary/aromatic N) is 5. The largest absolute Gasteiger partial charge is 0.353 e. The van der Waals surface area contributed by atoms with Crippen molar-refractivity contribution in [2.24, 2.45) is 0 Å². The van der Waals surface area contributed by atoms with E-state index in [-0.39, 0.29) is 5.91 Å². The molecule has 3 aromatic rings. The van der Waals surface area contributed by atoms with Crippen LogP contribution in [0, 0.1) is 6.92 Å². The zero-order valence-electron chi connectivity index (χ0n) is 19.0. The first-order valence-corrected chi connectivity index (χ1v) is 12.5. The quantitative estimate of drug-likeness (QED) is 0.593. The second-order valence-corrected chi connectivity index (χ2v) is 10.0. The zero-order valence-corrected chi connectivity index (χ0v) is 19.8. The number of carbonyl (C=O) groups excluding carboxylic acids is 1. The minimum absolute atomic E-state index is 0.141. The van der Waals surface area contributed by atoms with Crippen molar-refractivity contribution in [1.82, 2.24) is 19.8 Å². The fraction of sp³-hybridized carbons (Fsp3) is 0.480. The van der Waals surface area contributed by atoms with Gasteiger partial charge in [-0.1, -0.05) is 30.3 Å². The molecule has 1 unspecified atom stereocenters. The highest BCUT2D eigenvalue weighted by atomic mass is 32.1. The first kappa shape index (κ1) is 21.3. The predicted molar refractivity (Wildman–Crippen MR) is 130 cm³/mol. The van der Waals surface area contributed by atoms with Crippen LogP contribution in [-0.2, 0) is 6.54 Å². The Morgan fingerprint density at radius 3 is 2.59 bits per heavy atom. The summed E-state index contributed by atoms with van der Waals surface area (Å²) in [5.41, 5.74) is 2.36. The summed E-state index contributed by atoms with van der Waals surface area (Å²) in [7, 11) is 0. The molecule has 0 aliphatic carbocycles. The van der Waals surface area contributed by atoms with Gasteiger partial charge >= 0.3 is 0 Å². The Morgan fingerprint density at radius 2 is 1.84 bits per heavy atom. The van der Waals surface area contributed by atoms with Crippen LogP contribution in [0.3, 0.4) is 0 Å². The first-order chi connectivity index (χ1) is 15.6. The highest BCUT2D eigenvalue weighted by Gasteiger charge is 2.29. The van der Waals surface area contributed by atoms with Gasteiger partial charge in [0, 0.05) is 45.3 Å². The molecular formula is C25H31N5OS. The molecular weight excluding hydrogens is 418 g/mol. The number of hydrogen-bond acceptors (Lipinski definition) is 6. The van der Waals surface area contributed by atoms with E-state index < -0.39 is 0 Å². The molecule has 1 amide bonds. The van der Waals surface area contributed by atoms with Gasteiger partial charge in [-0.15, -0.1) is 11.3 Å². The number of carbonyl (C=O) groups is 1. The molecule has 7 heteroatoms. The normalized spacial score (nSPS) is 20.1. The van der Waals surface area contributed by atoms with Crippen LogP contribution in [0.5, 0.6) is 0 Å². The summed E-state index contributed by atoms with van der Waals surface area (Å²) < 4.78 is 0. The van der Waals surface area contributed by atoms with Gasteiger partial charge in [0.15, 0.2) is 0 Å². The van der Waals surface area contributed by atoms with Gasteiger partial charge in [-0.25, -0.2) is 9.97 Å². The highest BCUT2D eigenvalue weighted by Crippen LogP contribution is 2.37. The van der Waals surface area contributed by atoms with Crippen LogP contribution in [0.2, 0.25) is 0 Å². The van der Waals surface area contributed by atoms with Crippen LogP contribution in [0.25, 0.3) is 10.2 Å². The summed E-state index contributed by atoms with van der Waals surface area (Å²) >= 11 is 1.53. The van der Waals surface area contributed by atoms with Crippen LogP contribution in [0.15, 0.2) is 36.7 Å². The van der Waals surface area contributed by atoms with Crippen molar-refractivity contribution in [3.8, 4) is 0 Å². The SMILES string of the molecule is Cc1c(C(=O)N2CCN(Cc3ccccc3)CC2)sc2ncnc(N3CCCCC3C)c12. The third kappa shape index (κ3) is 4.11. The van der Waals surface area contributed by atoms with Gasteiger partial charge in [-0.3, -0.25) is 9.69 Å². The number of anilines is 1. The van der Waals surface area contributed by atoms with Crippen molar-refractivity contribution in [3.05, 3.63) is 52.7 Å². The molecule has 2 aliphatic heterocycles. The lowest BCUT2D eigenvalue weighted by atomic mass is 10.0. The van der Waals surface area contributed by atoms with Crippen molar-refractivity contribution < 1.29 is 4.79 Å². The first-order valence-electron chi connectivity index (χ1n) is 11.7. The van der Waals surface area contributed by atoms with Gasteiger partial charge in [0.2, 0.25) is 0 Å².